The maximum absolute atomic E-state index is 12.2. The van der Waals surface area contributed by atoms with Crippen LogP contribution in [-0.2, 0) is 4.79 Å². The van der Waals surface area contributed by atoms with Crippen LogP contribution in [0.2, 0.25) is 0 Å². The van der Waals surface area contributed by atoms with Crippen molar-refractivity contribution in [1.82, 2.24) is 10.6 Å². The number of hydrogen-bond donors (Lipinski definition) is 2. The van der Waals surface area contributed by atoms with Crippen LogP contribution in [0.15, 0.2) is 24.3 Å². The highest BCUT2D eigenvalue weighted by molar-refractivity contribution is 5.85. The number of halogens is 1. The molecule has 0 fully saturated rings. The van der Waals surface area contributed by atoms with Gasteiger partial charge in [0.25, 0.3) is 5.91 Å². The van der Waals surface area contributed by atoms with Crippen molar-refractivity contribution in [1.29, 1.82) is 0 Å². The average molecular weight is 329 g/mol. The van der Waals surface area contributed by atoms with Gasteiger partial charge < -0.3 is 15.4 Å². The molecule has 0 heterocycles. The number of carbonyl (C=O) groups excluding carboxylic acids is 1. The Kier molecular flexibility index (Phi) is 9.86. The normalized spacial score (nSPS) is 13.2. The molecule has 126 valence electrons. The summed E-state index contributed by atoms with van der Waals surface area (Å²) >= 11 is 0. The fraction of sp³-hybridized carbons (Fsp3) is 0.588. The van der Waals surface area contributed by atoms with E-state index in [1.165, 1.54) is 0 Å². The molecule has 5 heteroatoms. The van der Waals surface area contributed by atoms with Crippen LogP contribution in [0.5, 0.6) is 5.75 Å². The highest BCUT2D eigenvalue weighted by atomic mass is 35.5. The molecule has 0 radical (unpaired) electrons. The summed E-state index contributed by atoms with van der Waals surface area (Å²) in [5.74, 6) is 1.11. The summed E-state index contributed by atoms with van der Waals surface area (Å²) in [4.78, 5) is 12.2. The van der Waals surface area contributed by atoms with E-state index in [0.717, 1.165) is 11.3 Å². The maximum Gasteiger partial charge on any atom is 0.261 e. The van der Waals surface area contributed by atoms with Gasteiger partial charge in [-0.1, -0.05) is 39.0 Å². The minimum absolute atomic E-state index is 0. The van der Waals surface area contributed by atoms with E-state index in [0.29, 0.717) is 18.9 Å². The molecule has 1 aromatic carbocycles. The first-order valence-electron chi connectivity index (χ1n) is 7.70. The highest BCUT2D eigenvalue weighted by Crippen LogP contribution is 2.27. The summed E-state index contributed by atoms with van der Waals surface area (Å²) in [6.45, 7) is 8.83. The average Bonchev–Trinajstić information content (AvgIpc) is 2.49. The number of carbonyl (C=O) groups is 1. The standard InChI is InChI=1S/C17H28N2O2.ClH/c1-6-15(17(20)19-11-13(4)18-5)21-16-10-8-7-9-14(16)12(2)3;/h7-10,12-13,15,18H,6,11H2,1-5H3,(H,19,20);1H. The van der Waals surface area contributed by atoms with Crippen molar-refractivity contribution in [3.63, 3.8) is 0 Å². The van der Waals surface area contributed by atoms with Crippen LogP contribution in [0.25, 0.3) is 0 Å². The molecule has 0 aliphatic heterocycles. The Balaban J connectivity index is 0.00000441. The Morgan fingerprint density at radius 1 is 1.23 bits per heavy atom. The van der Waals surface area contributed by atoms with E-state index in [2.05, 4.69) is 24.5 Å². The fourth-order valence-electron chi connectivity index (χ4n) is 2.01. The van der Waals surface area contributed by atoms with Gasteiger partial charge in [0, 0.05) is 12.6 Å². The van der Waals surface area contributed by atoms with E-state index in [9.17, 15) is 4.79 Å². The van der Waals surface area contributed by atoms with Crippen molar-refractivity contribution in [2.24, 2.45) is 0 Å². The lowest BCUT2D eigenvalue weighted by Crippen LogP contribution is -2.43. The lowest BCUT2D eigenvalue weighted by atomic mass is 10.0. The van der Waals surface area contributed by atoms with Crippen LogP contribution in [0, 0.1) is 0 Å². The summed E-state index contributed by atoms with van der Waals surface area (Å²) < 4.78 is 5.95. The molecular weight excluding hydrogens is 300 g/mol. The first-order valence-corrected chi connectivity index (χ1v) is 7.70. The summed E-state index contributed by atoms with van der Waals surface area (Å²) in [6.07, 6.45) is 0.195. The molecular formula is C17H29ClN2O2. The second-order valence-electron chi connectivity index (χ2n) is 5.64. The number of hydrogen-bond acceptors (Lipinski definition) is 3. The molecule has 1 aromatic rings. The molecule has 0 saturated carbocycles. The van der Waals surface area contributed by atoms with Crippen molar-refractivity contribution < 1.29 is 9.53 Å². The van der Waals surface area contributed by atoms with E-state index in [1.54, 1.807) is 0 Å². The lowest BCUT2D eigenvalue weighted by molar-refractivity contribution is -0.128. The first-order chi connectivity index (χ1) is 9.99. The van der Waals surface area contributed by atoms with E-state index in [1.807, 2.05) is 45.2 Å². The zero-order chi connectivity index (χ0) is 15.8. The summed E-state index contributed by atoms with van der Waals surface area (Å²) in [7, 11) is 1.88. The van der Waals surface area contributed by atoms with Gasteiger partial charge in [0.1, 0.15) is 5.75 Å². The molecule has 0 bridgehead atoms. The monoisotopic (exact) mass is 328 g/mol. The maximum atomic E-state index is 12.2. The van der Waals surface area contributed by atoms with Crippen molar-refractivity contribution in [2.45, 2.75) is 52.2 Å². The van der Waals surface area contributed by atoms with Gasteiger partial charge in [-0.05, 0) is 37.9 Å². The Morgan fingerprint density at radius 3 is 2.41 bits per heavy atom. The van der Waals surface area contributed by atoms with Crippen molar-refractivity contribution in [2.75, 3.05) is 13.6 Å². The highest BCUT2D eigenvalue weighted by Gasteiger charge is 2.20. The molecule has 2 unspecified atom stereocenters. The van der Waals surface area contributed by atoms with Gasteiger partial charge in [-0.2, -0.15) is 0 Å². The quantitative estimate of drug-likeness (QED) is 0.771. The molecule has 0 saturated heterocycles. The van der Waals surface area contributed by atoms with Crippen LogP contribution in [0.3, 0.4) is 0 Å². The third-order valence-electron chi connectivity index (χ3n) is 3.55. The van der Waals surface area contributed by atoms with Crippen LogP contribution in [0.4, 0.5) is 0 Å². The van der Waals surface area contributed by atoms with E-state index in [-0.39, 0.29) is 24.4 Å². The summed E-state index contributed by atoms with van der Waals surface area (Å²) in [5.41, 5.74) is 1.13. The van der Waals surface area contributed by atoms with Crippen molar-refractivity contribution in [3.05, 3.63) is 29.8 Å². The molecule has 0 spiro atoms. The summed E-state index contributed by atoms with van der Waals surface area (Å²) in [5, 5.41) is 6.02. The zero-order valence-corrected chi connectivity index (χ0v) is 15.0. The minimum Gasteiger partial charge on any atom is -0.480 e. The number of ether oxygens (including phenoxy) is 1. The van der Waals surface area contributed by atoms with E-state index in [4.69, 9.17) is 4.74 Å². The Labute approximate surface area is 140 Å². The van der Waals surface area contributed by atoms with Crippen LogP contribution in [0.1, 0.15) is 45.6 Å². The molecule has 0 aliphatic carbocycles. The third-order valence-corrected chi connectivity index (χ3v) is 3.55. The van der Waals surface area contributed by atoms with Crippen LogP contribution >= 0.6 is 12.4 Å². The van der Waals surface area contributed by atoms with Crippen LogP contribution in [-0.4, -0.2) is 31.6 Å². The number of benzene rings is 1. The summed E-state index contributed by atoms with van der Waals surface area (Å²) in [6, 6.07) is 8.16. The van der Waals surface area contributed by atoms with Gasteiger partial charge in [0.2, 0.25) is 0 Å². The third kappa shape index (κ3) is 6.24. The van der Waals surface area contributed by atoms with Gasteiger partial charge in [-0.25, -0.2) is 0 Å². The van der Waals surface area contributed by atoms with Gasteiger partial charge >= 0.3 is 0 Å². The number of amides is 1. The predicted molar refractivity (Wildman–Crippen MR) is 94.0 cm³/mol. The Bertz CT molecular complexity index is 452. The van der Waals surface area contributed by atoms with E-state index >= 15 is 0 Å². The van der Waals surface area contributed by atoms with Gasteiger partial charge in [0.05, 0.1) is 0 Å². The molecule has 0 aliphatic rings. The molecule has 4 nitrogen and oxygen atoms in total. The second-order valence-corrected chi connectivity index (χ2v) is 5.64. The molecule has 22 heavy (non-hydrogen) atoms. The van der Waals surface area contributed by atoms with E-state index < -0.39 is 6.10 Å². The largest absolute Gasteiger partial charge is 0.480 e. The Morgan fingerprint density at radius 2 is 1.86 bits per heavy atom. The number of nitrogens with one attached hydrogen (secondary N) is 2. The molecule has 1 rings (SSSR count). The van der Waals surface area contributed by atoms with Crippen LogP contribution < -0.4 is 15.4 Å². The molecule has 1 amide bonds. The fourth-order valence-corrected chi connectivity index (χ4v) is 2.01. The van der Waals surface area contributed by atoms with Crippen molar-refractivity contribution in [3.8, 4) is 5.75 Å². The zero-order valence-electron chi connectivity index (χ0n) is 14.2. The Hall–Kier alpha value is -1.26. The van der Waals surface area contributed by atoms with Gasteiger partial charge in [-0.3, -0.25) is 4.79 Å². The second kappa shape index (κ2) is 10.5. The number of rotatable bonds is 8. The SMILES string of the molecule is CCC(Oc1ccccc1C(C)C)C(=O)NCC(C)NC.Cl. The number of para-hydroxylation sites is 1. The molecule has 2 N–H and O–H groups in total. The van der Waals surface area contributed by atoms with Gasteiger partial charge in [-0.15, -0.1) is 12.4 Å². The smallest absolute Gasteiger partial charge is 0.261 e. The number of likely N-dealkylation sites (N-methyl/N-ethyl adjacent to an activating group) is 1. The van der Waals surface area contributed by atoms with Crippen molar-refractivity contribution >= 4 is 18.3 Å². The first kappa shape index (κ1) is 20.7. The molecule has 2 atom stereocenters. The van der Waals surface area contributed by atoms with Gasteiger partial charge in [0.15, 0.2) is 6.10 Å². The molecule has 0 aromatic heterocycles. The lowest BCUT2D eigenvalue weighted by Gasteiger charge is -2.21. The minimum atomic E-state index is -0.450. The topological polar surface area (TPSA) is 50.4 Å². The predicted octanol–water partition coefficient (Wildman–Crippen LogP) is 3.11.